The van der Waals surface area contributed by atoms with E-state index in [2.05, 4.69) is 61.2 Å². The molecule has 1 aromatic carbocycles. The average Bonchev–Trinajstić information content (AvgIpc) is 2.80. The second-order valence-corrected chi connectivity index (χ2v) is 9.85. The summed E-state index contributed by atoms with van der Waals surface area (Å²) in [5.74, 6) is 23.1. The minimum Gasteiger partial charge on any atom is -0.207 e. The van der Waals surface area contributed by atoms with Crippen LogP contribution in [-0.4, -0.2) is 25.8 Å². The summed E-state index contributed by atoms with van der Waals surface area (Å²) >= 11 is 0. The lowest BCUT2D eigenvalue weighted by atomic mass is 10.2. The van der Waals surface area contributed by atoms with E-state index in [1.54, 1.807) is 24.3 Å². The maximum Gasteiger partial charge on any atom is 0.244 e. The van der Waals surface area contributed by atoms with Gasteiger partial charge in [-0.3, -0.25) is 0 Å². The molecule has 0 unspecified atom stereocenters. The zero-order chi connectivity index (χ0) is 24.2. The van der Waals surface area contributed by atoms with Crippen LogP contribution in [0.15, 0.2) is 29.2 Å². The molecule has 0 aliphatic heterocycles. The van der Waals surface area contributed by atoms with Gasteiger partial charge in [-0.1, -0.05) is 93.8 Å². The molecule has 1 aromatic rings. The number of sulfonamides is 1. The maximum absolute atomic E-state index is 13.1. The summed E-state index contributed by atoms with van der Waals surface area (Å²) < 4.78 is 27.5. The van der Waals surface area contributed by atoms with E-state index in [1.165, 1.54) is 42.8 Å². The van der Waals surface area contributed by atoms with Crippen LogP contribution in [0.25, 0.3) is 0 Å². The van der Waals surface area contributed by atoms with Crippen LogP contribution >= 0.6 is 0 Å². The Morgan fingerprint density at radius 2 is 1.12 bits per heavy atom. The summed E-state index contributed by atoms with van der Waals surface area (Å²) in [5, 5.41) is 0. The van der Waals surface area contributed by atoms with Crippen molar-refractivity contribution in [3.8, 4) is 47.4 Å². The topological polar surface area (TPSA) is 37.4 Å². The van der Waals surface area contributed by atoms with Crippen molar-refractivity contribution >= 4 is 10.0 Å². The lowest BCUT2D eigenvalue weighted by molar-refractivity contribution is 0.482. The zero-order valence-electron chi connectivity index (χ0n) is 20.5. The summed E-state index contributed by atoms with van der Waals surface area (Å²) in [6.45, 7) is 6.37. The molecule has 0 amide bonds. The smallest absolute Gasteiger partial charge is 0.207 e. The molecule has 0 saturated carbocycles. The molecule has 0 heterocycles. The highest BCUT2D eigenvalue weighted by atomic mass is 32.2. The third-order valence-corrected chi connectivity index (χ3v) is 6.76. The van der Waals surface area contributed by atoms with Gasteiger partial charge in [-0.25, -0.2) is 8.42 Å². The Balaban J connectivity index is 2.80. The van der Waals surface area contributed by atoms with Crippen LogP contribution in [0.2, 0.25) is 0 Å². The molecule has 0 N–H and O–H groups in total. The largest absolute Gasteiger partial charge is 0.244 e. The molecule has 0 bridgehead atoms. The van der Waals surface area contributed by atoms with Crippen LogP contribution in [0.1, 0.15) is 83.6 Å². The fourth-order valence-corrected chi connectivity index (χ4v) is 4.17. The van der Waals surface area contributed by atoms with Crippen LogP contribution in [-0.2, 0) is 10.0 Å². The second-order valence-electron chi connectivity index (χ2n) is 7.91. The average molecular weight is 464 g/mol. The minimum atomic E-state index is -3.70. The molecule has 0 aromatic heterocycles. The molecule has 0 atom stereocenters. The van der Waals surface area contributed by atoms with Crippen LogP contribution in [0, 0.1) is 54.3 Å². The first-order valence-electron chi connectivity index (χ1n) is 12.0. The van der Waals surface area contributed by atoms with E-state index in [0.29, 0.717) is 0 Å². The number of rotatable bonds is 12. The highest BCUT2D eigenvalue weighted by Crippen LogP contribution is 2.15. The summed E-state index contributed by atoms with van der Waals surface area (Å²) in [7, 11) is -3.70. The first kappa shape index (κ1) is 28.4. The fraction of sp³-hybridized carbons (Fsp3) is 0.517. The normalized spacial score (nSPS) is 10.1. The number of unbranched alkanes of at least 4 members (excludes halogenated alkanes) is 8. The van der Waals surface area contributed by atoms with Gasteiger partial charge in [0, 0.05) is 12.8 Å². The van der Waals surface area contributed by atoms with Gasteiger partial charge in [0.05, 0.1) is 18.0 Å². The van der Waals surface area contributed by atoms with E-state index >= 15 is 0 Å². The van der Waals surface area contributed by atoms with Crippen molar-refractivity contribution in [3.05, 3.63) is 29.8 Å². The number of benzene rings is 1. The number of hydrogen-bond donors (Lipinski definition) is 0. The Labute approximate surface area is 202 Å². The Hall–Kier alpha value is -2.63. The third-order valence-electron chi connectivity index (χ3n) is 4.96. The van der Waals surface area contributed by atoms with E-state index in [4.69, 9.17) is 0 Å². The van der Waals surface area contributed by atoms with E-state index < -0.39 is 10.0 Å². The summed E-state index contributed by atoms with van der Waals surface area (Å²) in [6, 6.07) is 6.81. The van der Waals surface area contributed by atoms with Gasteiger partial charge in [0.2, 0.25) is 10.0 Å². The van der Waals surface area contributed by atoms with E-state index in [9.17, 15) is 8.42 Å². The number of nitrogens with zero attached hydrogens (tertiary/aromatic N) is 1. The molecule has 3 nitrogen and oxygen atoms in total. The second kappa shape index (κ2) is 17.9. The predicted molar refractivity (Wildman–Crippen MR) is 139 cm³/mol. The van der Waals surface area contributed by atoms with Gasteiger partial charge in [0.25, 0.3) is 0 Å². The molecular weight excluding hydrogens is 426 g/mol. The van der Waals surface area contributed by atoms with Crippen molar-refractivity contribution in [2.45, 2.75) is 89.9 Å². The SMILES string of the molecule is CCCCCCC#CC#CCN(CC#CC#CCCCCCC)S(=O)(=O)c1ccc(C)cc1. The molecular formula is C29H37NO2S. The molecule has 0 aliphatic carbocycles. The van der Waals surface area contributed by atoms with Gasteiger partial charge < -0.3 is 0 Å². The van der Waals surface area contributed by atoms with Gasteiger partial charge >= 0.3 is 0 Å². The quantitative estimate of drug-likeness (QED) is 0.284. The van der Waals surface area contributed by atoms with Gasteiger partial charge in [0.15, 0.2) is 0 Å². The Morgan fingerprint density at radius 3 is 1.58 bits per heavy atom. The monoisotopic (exact) mass is 463 g/mol. The molecule has 0 aliphatic rings. The van der Waals surface area contributed by atoms with E-state index in [-0.39, 0.29) is 18.0 Å². The van der Waals surface area contributed by atoms with Crippen LogP contribution in [0.4, 0.5) is 0 Å². The van der Waals surface area contributed by atoms with Gasteiger partial charge in [-0.05, 0) is 55.6 Å². The van der Waals surface area contributed by atoms with Crippen LogP contribution < -0.4 is 0 Å². The Bertz CT molecular complexity index is 990. The highest BCUT2D eigenvalue weighted by molar-refractivity contribution is 7.89. The molecule has 0 spiro atoms. The lowest BCUT2D eigenvalue weighted by Gasteiger charge is -2.17. The Kier molecular flexibility index (Phi) is 15.4. The molecule has 0 radical (unpaired) electrons. The van der Waals surface area contributed by atoms with Crippen molar-refractivity contribution in [1.29, 1.82) is 0 Å². The molecule has 4 heteroatoms. The summed E-state index contributed by atoms with van der Waals surface area (Å²) in [4.78, 5) is 0.237. The zero-order valence-corrected chi connectivity index (χ0v) is 21.3. The predicted octanol–water partition coefficient (Wildman–Crippen LogP) is 5.94. The first-order valence-corrected chi connectivity index (χ1v) is 13.4. The summed E-state index contributed by atoms with van der Waals surface area (Å²) in [6.07, 6.45) is 11.0. The van der Waals surface area contributed by atoms with Crippen molar-refractivity contribution in [2.75, 3.05) is 13.1 Å². The van der Waals surface area contributed by atoms with Gasteiger partial charge in [-0.15, -0.1) is 0 Å². The lowest BCUT2D eigenvalue weighted by Crippen LogP contribution is -2.32. The molecule has 0 saturated heterocycles. The van der Waals surface area contributed by atoms with Crippen LogP contribution in [0.5, 0.6) is 0 Å². The molecule has 176 valence electrons. The molecule has 33 heavy (non-hydrogen) atoms. The van der Waals surface area contributed by atoms with Gasteiger partial charge in [0.1, 0.15) is 0 Å². The maximum atomic E-state index is 13.1. The minimum absolute atomic E-state index is 0.0415. The highest BCUT2D eigenvalue weighted by Gasteiger charge is 2.22. The number of aryl methyl sites for hydroxylation is 1. The first-order chi connectivity index (χ1) is 16.0. The molecule has 0 fully saturated rings. The van der Waals surface area contributed by atoms with Crippen molar-refractivity contribution in [1.82, 2.24) is 4.31 Å². The fourth-order valence-electron chi connectivity index (χ4n) is 2.92. The molecule has 1 rings (SSSR count). The van der Waals surface area contributed by atoms with Crippen LogP contribution in [0.3, 0.4) is 0 Å². The third kappa shape index (κ3) is 12.9. The number of hydrogen-bond acceptors (Lipinski definition) is 2. The van der Waals surface area contributed by atoms with E-state index in [0.717, 1.165) is 31.2 Å². The van der Waals surface area contributed by atoms with Crippen molar-refractivity contribution < 1.29 is 8.42 Å². The summed E-state index contributed by atoms with van der Waals surface area (Å²) in [5.41, 5.74) is 1.00. The van der Waals surface area contributed by atoms with E-state index in [1.807, 2.05) is 6.92 Å². The standard InChI is InChI=1S/C29H37NO2S/c1-4-6-8-10-12-14-16-18-20-26-30(27-21-19-17-15-13-11-9-7-5-2)33(31,32)29-24-22-28(3)23-25-29/h22-25H,4-13,26-27H2,1-3H3. The Morgan fingerprint density at radius 1 is 0.667 bits per heavy atom. The van der Waals surface area contributed by atoms with Crippen molar-refractivity contribution in [3.63, 3.8) is 0 Å². The van der Waals surface area contributed by atoms with Crippen molar-refractivity contribution in [2.24, 2.45) is 0 Å². The van der Waals surface area contributed by atoms with Gasteiger partial charge in [-0.2, -0.15) is 4.31 Å².